The number of carbonyl (C=O) groups is 2. The van der Waals surface area contributed by atoms with E-state index in [2.05, 4.69) is 9.97 Å². The normalized spacial score (nSPS) is 10.1. The summed E-state index contributed by atoms with van der Waals surface area (Å²) in [6, 6.07) is 0. The van der Waals surface area contributed by atoms with Gasteiger partial charge in [-0.3, -0.25) is 14.6 Å². The van der Waals surface area contributed by atoms with Gasteiger partial charge in [-0.05, 0) is 12.8 Å². The number of Topliss-reactive ketones (excluding diaryl/α,β-unsaturated/α-hetero) is 2. The Labute approximate surface area is 95.1 Å². The number of hydrogen-bond donors (Lipinski definition) is 0. The SMILES string of the molecule is CCCC(=O)c1cncc(C(=O)CCC)n1. The Balaban J connectivity index is 2.86. The molecule has 0 fully saturated rings. The summed E-state index contributed by atoms with van der Waals surface area (Å²) in [4.78, 5) is 31.1. The molecule has 4 nitrogen and oxygen atoms in total. The highest BCUT2D eigenvalue weighted by Crippen LogP contribution is 2.05. The van der Waals surface area contributed by atoms with Crippen LogP contribution in [-0.4, -0.2) is 21.5 Å². The minimum absolute atomic E-state index is 0.0545. The van der Waals surface area contributed by atoms with Crippen molar-refractivity contribution in [3.63, 3.8) is 0 Å². The molecule has 4 heteroatoms. The zero-order valence-electron chi connectivity index (χ0n) is 9.69. The van der Waals surface area contributed by atoms with Crippen molar-refractivity contribution in [2.24, 2.45) is 0 Å². The molecule has 0 unspecified atom stereocenters. The van der Waals surface area contributed by atoms with Crippen LogP contribution in [0, 0.1) is 0 Å². The van der Waals surface area contributed by atoms with Crippen LogP contribution in [-0.2, 0) is 0 Å². The van der Waals surface area contributed by atoms with E-state index in [1.165, 1.54) is 12.4 Å². The molecule has 0 aliphatic heterocycles. The highest BCUT2D eigenvalue weighted by molar-refractivity contribution is 5.97. The van der Waals surface area contributed by atoms with Gasteiger partial charge in [-0.2, -0.15) is 0 Å². The summed E-state index contributed by atoms with van der Waals surface area (Å²) in [5.74, 6) is -0.109. The lowest BCUT2D eigenvalue weighted by Gasteiger charge is -2.01. The van der Waals surface area contributed by atoms with Crippen LogP contribution in [0.2, 0.25) is 0 Å². The molecule has 0 saturated carbocycles. The molecule has 1 aromatic rings. The third kappa shape index (κ3) is 3.22. The van der Waals surface area contributed by atoms with Gasteiger partial charge >= 0.3 is 0 Å². The smallest absolute Gasteiger partial charge is 0.182 e. The third-order valence-electron chi connectivity index (χ3n) is 2.16. The summed E-state index contributed by atoms with van der Waals surface area (Å²) < 4.78 is 0. The van der Waals surface area contributed by atoms with Gasteiger partial charge in [0.15, 0.2) is 11.6 Å². The maximum atomic E-state index is 11.6. The fourth-order valence-electron chi connectivity index (χ4n) is 1.34. The zero-order valence-corrected chi connectivity index (χ0v) is 9.69. The van der Waals surface area contributed by atoms with Crippen molar-refractivity contribution in [1.29, 1.82) is 0 Å². The molecule has 0 saturated heterocycles. The van der Waals surface area contributed by atoms with Crippen molar-refractivity contribution >= 4 is 11.6 Å². The van der Waals surface area contributed by atoms with E-state index in [-0.39, 0.29) is 11.6 Å². The molecule has 0 N–H and O–H groups in total. The Bertz CT molecular complexity index is 355. The molecule has 0 atom stereocenters. The van der Waals surface area contributed by atoms with Crippen LogP contribution in [0.15, 0.2) is 12.4 Å². The first-order valence-electron chi connectivity index (χ1n) is 5.57. The molecular weight excluding hydrogens is 204 g/mol. The summed E-state index contributed by atoms with van der Waals surface area (Å²) >= 11 is 0. The Morgan fingerprint density at radius 1 is 1.00 bits per heavy atom. The van der Waals surface area contributed by atoms with Crippen molar-refractivity contribution in [3.8, 4) is 0 Å². The summed E-state index contributed by atoms with van der Waals surface area (Å²) in [6.45, 7) is 3.86. The van der Waals surface area contributed by atoms with E-state index in [0.29, 0.717) is 24.2 Å². The molecule has 16 heavy (non-hydrogen) atoms. The van der Waals surface area contributed by atoms with Crippen LogP contribution in [0.5, 0.6) is 0 Å². The van der Waals surface area contributed by atoms with Gasteiger partial charge < -0.3 is 0 Å². The van der Waals surface area contributed by atoms with Crippen molar-refractivity contribution in [2.45, 2.75) is 39.5 Å². The molecule has 1 rings (SSSR count). The number of hydrogen-bond acceptors (Lipinski definition) is 4. The fourth-order valence-corrected chi connectivity index (χ4v) is 1.34. The highest BCUT2D eigenvalue weighted by atomic mass is 16.1. The van der Waals surface area contributed by atoms with Crippen LogP contribution in [0.25, 0.3) is 0 Å². The standard InChI is InChI=1S/C12H16N2O2/c1-3-5-11(15)9-7-13-8-10(14-9)12(16)6-4-2/h7-8H,3-6H2,1-2H3. The molecule has 0 bridgehead atoms. The maximum Gasteiger partial charge on any atom is 0.182 e. The molecule has 0 amide bonds. The van der Waals surface area contributed by atoms with E-state index >= 15 is 0 Å². The van der Waals surface area contributed by atoms with Gasteiger partial charge in [-0.1, -0.05) is 13.8 Å². The predicted octanol–water partition coefficient (Wildman–Crippen LogP) is 2.44. The van der Waals surface area contributed by atoms with Crippen molar-refractivity contribution in [1.82, 2.24) is 9.97 Å². The summed E-state index contributed by atoms with van der Waals surface area (Å²) in [5, 5.41) is 0. The van der Waals surface area contributed by atoms with Crippen LogP contribution >= 0.6 is 0 Å². The number of aromatic nitrogens is 2. The average Bonchev–Trinajstić information content (AvgIpc) is 2.30. The minimum atomic E-state index is -0.0545. The minimum Gasteiger partial charge on any atom is -0.292 e. The quantitative estimate of drug-likeness (QED) is 0.691. The number of carbonyl (C=O) groups excluding carboxylic acids is 2. The number of rotatable bonds is 6. The second-order valence-corrected chi connectivity index (χ2v) is 3.64. The second kappa shape index (κ2) is 6.10. The van der Waals surface area contributed by atoms with Crippen LogP contribution in [0.1, 0.15) is 60.5 Å². The largest absolute Gasteiger partial charge is 0.292 e. The summed E-state index contributed by atoms with van der Waals surface area (Å²) in [5.41, 5.74) is 0.590. The molecule has 1 aromatic heterocycles. The molecule has 0 radical (unpaired) electrons. The Hall–Kier alpha value is -1.58. The van der Waals surface area contributed by atoms with E-state index in [1.54, 1.807) is 0 Å². The van der Waals surface area contributed by atoms with Gasteiger partial charge in [0.2, 0.25) is 0 Å². The van der Waals surface area contributed by atoms with Crippen molar-refractivity contribution < 1.29 is 9.59 Å². The molecule has 86 valence electrons. The van der Waals surface area contributed by atoms with E-state index in [9.17, 15) is 9.59 Å². The second-order valence-electron chi connectivity index (χ2n) is 3.64. The van der Waals surface area contributed by atoms with E-state index in [1.807, 2.05) is 13.8 Å². The fraction of sp³-hybridized carbons (Fsp3) is 0.500. The Morgan fingerprint density at radius 2 is 1.44 bits per heavy atom. The lowest BCUT2D eigenvalue weighted by molar-refractivity contribution is 0.0972. The molecule has 1 heterocycles. The highest BCUT2D eigenvalue weighted by Gasteiger charge is 2.11. The van der Waals surface area contributed by atoms with E-state index in [4.69, 9.17) is 0 Å². The van der Waals surface area contributed by atoms with E-state index < -0.39 is 0 Å². The zero-order chi connectivity index (χ0) is 12.0. The van der Waals surface area contributed by atoms with Gasteiger partial charge in [0.1, 0.15) is 11.4 Å². The van der Waals surface area contributed by atoms with Crippen LogP contribution < -0.4 is 0 Å². The molecule has 0 spiro atoms. The van der Waals surface area contributed by atoms with Crippen molar-refractivity contribution in [2.75, 3.05) is 0 Å². The van der Waals surface area contributed by atoms with Crippen molar-refractivity contribution in [3.05, 3.63) is 23.8 Å². The van der Waals surface area contributed by atoms with Crippen LogP contribution in [0.4, 0.5) is 0 Å². The Morgan fingerprint density at radius 3 is 1.81 bits per heavy atom. The van der Waals surface area contributed by atoms with Gasteiger partial charge in [0.25, 0.3) is 0 Å². The lowest BCUT2D eigenvalue weighted by atomic mass is 10.1. The first-order chi connectivity index (χ1) is 7.69. The molecule has 0 aliphatic carbocycles. The first kappa shape index (κ1) is 12.5. The predicted molar refractivity (Wildman–Crippen MR) is 60.5 cm³/mol. The maximum absolute atomic E-state index is 11.6. The van der Waals surface area contributed by atoms with Gasteiger partial charge in [-0.15, -0.1) is 0 Å². The van der Waals surface area contributed by atoms with Gasteiger partial charge in [0.05, 0.1) is 12.4 Å². The number of ketones is 2. The molecule has 0 aliphatic rings. The van der Waals surface area contributed by atoms with Crippen LogP contribution in [0.3, 0.4) is 0 Å². The van der Waals surface area contributed by atoms with Gasteiger partial charge in [0, 0.05) is 12.8 Å². The van der Waals surface area contributed by atoms with E-state index in [0.717, 1.165) is 12.8 Å². The molecular formula is C12H16N2O2. The topological polar surface area (TPSA) is 59.9 Å². The average molecular weight is 220 g/mol. The summed E-state index contributed by atoms with van der Waals surface area (Å²) in [6.07, 6.45) is 5.27. The first-order valence-corrected chi connectivity index (χ1v) is 5.57. The number of nitrogens with zero attached hydrogens (tertiary/aromatic N) is 2. The third-order valence-corrected chi connectivity index (χ3v) is 2.16. The monoisotopic (exact) mass is 220 g/mol. The molecule has 0 aromatic carbocycles. The lowest BCUT2D eigenvalue weighted by Crippen LogP contribution is -2.09. The Kier molecular flexibility index (Phi) is 4.76. The summed E-state index contributed by atoms with van der Waals surface area (Å²) in [7, 11) is 0. The van der Waals surface area contributed by atoms with Gasteiger partial charge in [-0.25, -0.2) is 4.98 Å².